The summed E-state index contributed by atoms with van der Waals surface area (Å²) >= 11 is 0. The van der Waals surface area contributed by atoms with E-state index in [1.54, 1.807) is 18.2 Å². The lowest BCUT2D eigenvalue weighted by Crippen LogP contribution is -2.34. The van der Waals surface area contributed by atoms with E-state index >= 15 is 0 Å². The van der Waals surface area contributed by atoms with E-state index in [-0.39, 0.29) is 26.7 Å². The first-order chi connectivity index (χ1) is 25.0. The van der Waals surface area contributed by atoms with Crippen LogP contribution in [-0.2, 0) is 36.1 Å². The quantitative estimate of drug-likeness (QED) is 0.0690. The van der Waals surface area contributed by atoms with Gasteiger partial charge < -0.3 is 38.3 Å². The molecule has 278 valence electrons. The van der Waals surface area contributed by atoms with Crippen molar-refractivity contribution >= 4 is 38.2 Å². The third kappa shape index (κ3) is 9.61. The van der Waals surface area contributed by atoms with Gasteiger partial charge >= 0.3 is 0 Å². The summed E-state index contributed by atoms with van der Waals surface area (Å²) in [7, 11) is -3.09. The second-order valence-electron chi connectivity index (χ2n) is 16.0. The topological polar surface area (TPSA) is 161 Å². The van der Waals surface area contributed by atoms with E-state index < -0.39 is 16.1 Å². The van der Waals surface area contributed by atoms with Gasteiger partial charge in [-0.2, -0.15) is 10.5 Å². The first kappa shape index (κ1) is 38.0. The van der Waals surface area contributed by atoms with Crippen LogP contribution >= 0.6 is 0 Å². The molecule has 0 bridgehead atoms. The summed E-state index contributed by atoms with van der Waals surface area (Å²) < 4.78 is 28.0. The van der Waals surface area contributed by atoms with Crippen LogP contribution in [0, 0.1) is 34.5 Å². The van der Waals surface area contributed by atoms with Crippen LogP contribution in [0.3, 0.4) is 0 Å². The average Bonchev–Trinajstić information content (AvgIpc) is 4.07. The second kappa shape index (κ2) is 16.5. The van der Waals surface area contributed by atoms with Crippen LogP contribution in [0.1, 0.15) is 48.5 Å². The van der Waals surface area contributed by atoms with Crippen molar-refractivity contribution in [2.45, 2.75) is 103 Å². The number of benzene rings is 2. The highest BCUT2D eigenvalue weighted by Crippen LogP contribution is 2.34. The molecule has 0 aliphatic heterocycles. The molecule has 2 aliphatic rings. The van der Waals surface area contributed by atoms with Gasteiger partial charge in [0.15, 0.2) is 0 Å². The summed E-state index contributed by atoms with van der Waals surface area (Å²) in [5.74, 6) is 3.26. The van der Waals surface area contributed by atoms with Crippen molar-refractivity contribution in [1.82, 2.24) is 19.1 Å². The molecule has 2 aromatic heterocycles. The average molecular weight is 745 g/mol. The first-order valence-corrected chi connectivity index (χ1v) is 25.3. The zero-order valence-electron chi connectivity index (χ0n) is 31.0. The van der Waals surface area contributed by atoms with Gasteiger partial charge in [0.1, 0.15) is 62.0 Å². The van der Waals surface area contributed by atoms with Crippen LogP contribution in [0.25, 0.3) is 22.1 Å². The molecule has 6 rings (SSSR count). The van der Waals surface area contributed by atoms with Gasteiger partial charge in [-0.05, 0) is 61.7 Å². The summed E-state index contributed by atoms with van der Waals surface area (Å²) in [5.41, 5.74) is 3.81. The van der Waals surface area contributed by atoms with E-state index in [2.05, 4.69) is 48.3 Å². The molecule has 4 aromatic rings. The molecule has 2 fully saturated rings. The maximum absolute atomic E-state index is 10.0. The number of nitrogens with zero attached hydrogens (tertiary/aromatic N) is 6. The monoisotopic (exact) mass is 744 g/mol. The highest BCUT2D eigenvalue weighted by Gasteiger charge is 2.28. The number of fused-ring (bicyclic) bond motifs is 2. The Morgan fingerprint density at radius 1 is 0.673 bits per heavy atom. The van der Waals surface area contributed by atoms with Gasteiger partial charge in [-0.15, -0.1) is 0 Å². The standard InChI is InChI=1S/C38H52N6O6Si2/c1-51(2,11-9-47-25-43-33-16-30(20-40)35(49-23-27-5-6-27)17-32(33)42-38(43)22-46)13-14-52(3,4)12-10-48-26-44-34-18-36(50-24-28-7-8-28)29(19-39)15-31(34)41-37(44)21-45/h15-18,27-28,45-46H,5-14,21-26H2,1-4H3. The summed E-state index contributed by atoms with van der Waals surface area (Å²) in [6.45, 7) is 12.3. The summed E-state index contributed by atoms with van der Waals surface area (Å²) in [4.78, 5) is 9.16. The predicted octanol–water partition coefficient (Wildman–Crippen LogP) is 6.76. The number of imidazole rings is 2. The maximum atomic E-state index is 10.0. The minimum absolute atomic E-state index is 0.219. The van der Waals surface area contributed by atoms with E-state index in [1.807, 2.05) is 15.2 Å². The Balaban J connectivity index is 0.967. The minimum atomic E-state index is -1.54. The van der Waals surface area contributed by atoms with Crippen molar-refractivity contribution in [3.05, 3.63) is 47.0 Å². The van der Waals surface area contributed by atoms with Crippen molar-refractivity contribution in [3.8, 4) is 23.6 Å². The third-order valence-electron chi connectivity index (χ3n) is 10.5. The lowest BCUT2D eigenvalue weighted by Gasteiger charge is -2.29. The summed E-state index contributed by atoms with van der Waals surface area (Å²) in [5, 5.41) is 39.5. The molecule has 14 heteroatoms. The Hall–Kier alpha value is -3.77. The Kier molecular flexibility index (Phi) is 12.0. The fourth-order valence-electron chi connectivity index (χ4n) is 6.27. The third-order valence-corrected chi connectivity index (χ3v) is 17.3. The molecule has 2 saturated carbocycles. The van der Waals surface area contributed by atoms with Crippen LogP contribution in [0.4, 0.5) is 0 Å². The lowest BCUT2D eigenvalue weighted by atomic mass is 10.2. The van der Waals surface area contributed by atoms with E-state index in [1.165, 1.54) is 37.8 Å². The highest BCUT2D eigenvalue weighted by molar-refractivity contribution is 6.82. The number of ether oxygens (including phenoxy) is 4. The molecule has 2 heterocycles. The van der Waals surface area contributed by atoms with Gasteiger partial charge in [0.25, 0.3) is 0 Å². The van der Waals surface area contributed by atoms with Crippen molar-refractivity contribution in [2.75, 3.05) is 26.4 Å². The predicted molar refractivity (Wildman–Crippen MR) is 203 cm³/mol. The van der Waals surface area contributed by atoms with Crippen molar-refractivity contribution < 1.29 is 29.2 Å². The molecule has 0 unspecified atom stereocenters. The van der Waals surface area contributed by atoms with Crippen molar-refractivity contribution in [1.29, 1.82) is 10.5 Å². The van der Waals surface area contributed by atoms with Gasteiger partial charge in [0, 0.05) is 41.5 Å². The fourth-order valence-corrected chi connectivity index (χ4v) is 13.6. The van der Waals surface area contributed by atoms with Gasteiger partial charge in [-0.25, -0.2) is 9.97 Å². The van der Waals surface area contributed by atoms with E-state index in [4.69, 9.17) is 18.9 Å². The SMILES string of the molecule is C[Si](C)(CCOCn1c(CO)nc2cc(OCC3CC3)c(C#N)cc21)CC[Si](C)(C)CCOCn1c(CO)nc2cc(C#N)c(OCC3CC3)cc21. The molecule has 12 nitrogen and oxygen atoms in total. The number of nitriles is 2. The molecular weight excluding hydrogens is 693 g/mol. The fraction of sp³-hybridized carbons (Fsp3) is 0.579. The number of rotatable bonds is 21. The Morgan fingerprint density at radius 2 is 1.12 bits per heavy atom. The molecule has 0 amide bonds. The van der Waals surface area contributed by atoms with E-state index in [9.17, 15) is 20.7 Å². The Bertz CT molecular complexity index is 1950. The minimum Gasteiger partial charge on any atom is -0.492 e. The van der Waals surface area contributed by atoms with Crippen LogP contribution in [0.2, 0.25) is 50.4 Å². The lowest BCUT2D eigenvalue weighted by molar-refractivity contribution is 0.0842. The Labute approximate surface area is 307 Å². The van der Waals surface area contributed by atoms with Crippen LogP contribution < -0.4 is 9.47 Å². The highest BCUT2D eigenvalue weighted by atomic mass is 28.3. The summed E-state index contributed by atoms with van der Waals surface area (Å²) in [6.07, 6.45) is 4.67. The summed E-state index contributed by atoms with van der Waals surface area (Å²) in [6, 6.07) is 16.1. The molecule has 2 N–H and O–H groups in total. The van der Waals surface area contributed by atoms with Crippen LogP contribution in [-0.4, -0.2) is 71.9 Å². The van der Waals surface area contributed by atoms with Gasteiger partial charge in [0.05, 0.1) is 46.4 Å². The molecule has 0 spiro atoms. The molecule has 0 radical (unpaired) electrons. The number of aromatic nitrogens is 4. The van der Waals surface area contributed by atoms with Gasteiger partial charge in [0.2, 0.25) is 0 Å². The zero-order chi connectivity index (χ0) is 36.9. The molecule has 0 saturated heterocycles. The second-order valence-corrected chi connectivity index (χ2v) is 26.7. The first-order valence-electron chi connectivity index (χ1n) is 18.5. The largest absolute Gasteiger partial charge is 0.492 e. The van der Waals surface area contributed by atoms with Crippen molar-refractivity contribution in [2.24, 2.45) is 11.8 Å². The number of aliphatic hydroxyl groups excluding tert-OH is 2. The van der Waals surface area contributed by atoms with Gasteiger partial charge in [-0.3, -0.25) is 0 Å². The van der Waals surface area contributed by atoms with Gasteiger partial charge in [-0.1, -0.05) is 38.3 Å². The van der Waals surface area contributed by atoms with E-state index in [0.717, 1.165) is 23.1 Å². The molecule has 0 atom stereocenters. The molecular formula is C38H52N6O6Si2. The number of aliphatic hydroxyl groups is 2. The normalized spacial score (nSPS) is 14.9. The molecule has 2 aromatic carbocycles. The molecule has 52 heavy (non-hydrogen) atoms. The smallest absolute Gasteiger partial charge is 0.139 e. The Morgan fingerprint density at radius 3 is 1.58 bits per heavy atom. The van der Waals surface area contributed by atoms with Crippen LogP contribution in [0.15, 0.2) is 24.3 Å². The molecule has 2 aliphatic carbocycles. The zero-order valence-corrected chi connectivity index (χ0v) is 33.0. The van der Waals surface area contributed by atoms with E-state index in [0.29, 0.717) is 83.6 Å². The van der Waals surface area contributed by atoms with Crippen LogP contribution in [0.5, 0.6) is 11.5 Å². The number of hydrogen-bond donors (Lipinski definition) is 2. The number of hydrogen-bond acceptors (Lipinski definition) is 10. The van der Waals surface area contributed by atoms with Crippen molar-refractivity contribution in [3.63, 3.8) is 0 Å². The maximum Gasteiger partial charge on any atom is 0.139 e.